The molecule has 0 bridgehead atoms. The standard InChI is InChI=1S/C18H29NO2/c1-13(11-19-14-6-7-14)12-21-17-9-8-15(20-5)10-16(17)18(2,3)4/h8-10,13-14,19H,6-7,11-12H2,1-5H3. The molecule has 21 heavy (non-hydrogen) atoms. The average molecular weight is 291 g/mol. The van der Waals surface area contributed by atoms with Gasteiger partial charge in [-0.2, -0.15) is 0 Å². The maximum atomic E-state index is 6.08. The van der Waals surface area contributed by atoms with E-state index >= 15 is 0 Å². The minimum absolute atomic E-state index is 0.0410. The van der Waals surface area contributed by atoms with Crippen LogP contribution in [0.4, 0.5) is 0 Å². The monoisotopic (exact) mass is 291 g/mol. The molecule has 3 heteroatoms. The fourth-order valence-electron chi connectivity index (χ4n) is 2.29. The van der Waals surface area contributed by atoms with Crippen LogP contribution in [-0.2, 0) is 5.41 Å². The first-order chi connectivity index (χ1) is 9.90. The Morgan fingerprint density at radius 3 is 2.57 bits per heavy atom. The van der Waals surface area contributed by atoms with Crippen LogP contribution in [0.25, 0.3) is 0 Å². The number of hydrogen-bond acceptors (Lipinski definition) is 3. The van der Waals surface area contributed by atoms with Crippen LogP contribution in [-0.4, -0.2) is 26.3 Å². The molecule has 0 radical (unpaired) electrons. The fourth-order valence-corrected chi connectivity index (χ4v) is 2.29. The van der Waals surface area contributed by atoms with E-state index < -0.39 is 0 Å². The van der Waals surface area contributed by atoms with E-state index in [4.69, 9.17) is 9.47 Å². The molecule has 1 aliphatic rings. The molecule has 1 aromatic carbocycles. The average Bonchev–Trinajstić information content (AvgIpc) is 3.26. The highest BCUT2D eigenvalue weighted by molar-refractivity contribution is 5.44. The van der Waals surface area contributed by atoms with Gasteiger partial charge < -0.3 is 14.8 Å². The lowest BCUT2D eigenvalue weighted by atomic mass is 9.86. The first-order valence-electron chi connectivity index (χ1n) is 7.95. The highest BCUT2D eigenvalue weighted by Gasteiger charge is 2.22. The van der Waals surface area contributed by atoms with E-state index in [1.807, 2.05) is 12.1 Å². The van der Waals surface area contributed by atoms with E-state index in [9.17, 15) is 0 Å². The highest BCUT2D eigenvalue weighted by Crippen LogP contribution is 2.34. The molecule has 1 atom stereocenters. The van der Waals surface area contributed by atoms with Crippen LogP contribution in [0.3, 0.4) is 0 Å². The van der Waals surface area contributed by atoms with Crippen LogP contribution < -0.4 is 14.8 Å². The summed E-state index contributed by atoms with van der Waals surface area (Å²) in [7, 11) is 1.70. The molecule has 1 fully saturated rings. The molecular weight excluding hydrogens is 262 g/mol. The molecule has 118 valence electrons. The van der Waals surface area contributed by atoms with Gasteiger partial charge in [-0.15, -0.1) is 0 Å². The quantitative estimate of drug-likeness (QED) is 0.829. The molecule has 0 amide bonds. The number of hydrogen-bond donors (Lipinski definition) is 1. The molecular formula is C18H29NO2. The van der Waals surface area contributed by atoms with Gasteiger partial charge in [-0.1, -0.05) is 27.7 Å². The third-order valence-electron chi connectivity index (χ3n) is 3.85. The van der Waals surface area contributed by atoms with Crippen molar-refractivity contribution in [2.45, 2.75) is 52.0 Å². The maximum absolute atomic E-state index is 6.08. The Morgan fingerprint density at radius 2 is 2.00 bits per heavy atom. The summed E-state index contributed by atoms with van der Waals surface area (Å²) in [6.07, 6.45) is 2.67. The Hall–Kier alpha value is -1.22. The first kappa shape index (κ1) is 16.2. The molecule has 3 nitrogen and oxygen atoms in total. The van der Waals surface area contributed by atoms with Crippen molar-refractivity contribution in [2.24, 2.45) is 5.92 Å². The molecule has 0 aliphatic heterocycles. The van der Waals surface area contributed by atoms with Crippen LogP contribution >= 0.6 is 0 Å². The molecule has 0 heterocycles. The second-order valence-electron chi connectivity index (χ2n) is 7.21. The first-order valence-corrected chi connectivity index (χ1v) is 7.95. The third-order valence-corrected chi connectivity index (χ3v) is 3.85. The zero-order valence-electron chi connectivity index (χ0n) is 14.0. The van der Waals surface area contributed by atoms with Crippen LogP contribution in [0.15, 0.2) is 18.2 Å². The lowest BCUT2D eigenvalue weighted by Gasteiger charge is -2.24. The van der Waals surface area contributed by atoms with Crippen molar-refractivity contribution in [1.82, 2.24) is 5.32 Å². The highest BCUT2D eigenvalue weighted by atomic mass is 16.5. The zero-order chi connectivity index (χ0) is 15.5. The van der Waals surface area contributed by atoms with Gasteiger partial charge in [-0.3, -0.25) is 0 Å². The summed E-state index contributed by atoms with van der Waals surface area (Å²) in [5.74, 6) is 2.37. The van der Waals surface area contributed by atoms with Gasteiger partial charge in [0, 0.05) is 24.1 Å². The lowest BCUT2D eigenvalue weighted by Crippen LogP contribution is -2.27. The minimum atomic E-state index is 0.0410. The normalized spacial score (nSPS) is 16.6. The summed E-state index contributed by atoms with van der Waals surface area (Å²) in [5, 5.41) is 3.56. The van der Waals surface area contributed by atoms with Gasteiger partial charge in [0.2, 0.25) is 0 Å². The topological polar surface area (TPSA) is 30.5 Å². The molecule has 1 aromatic rings. The van der Waals surface area contributed by atoms with Gasteiger partial charge in [0.05, 0.1) is 13.7 Å². The molecule has 1 saturated carbocycles. The van der Waals surface area contributed by atoms with E-state index in [2.05, 4.69) is 39.1 Å². The second-order valence-corrected chi connectivity index (χ2v) is 7.21. The summed E-state index contributed by atoms with van der Waals surface area (Å²) in [5.41, 5.74) is 1.24. The van der Waals surface area contributed by atoms with E-state index in [0.717, 1.165) is 30.7 Å². The van der Waals surface area contributed by atoms with Crippen LogP contribution in [0, 0.1) is 5.92 Å². The molecule has 1 N–H and O–H groups in total. The fraction of sp³-hybridized carbons (Fsp3) is 0.667. The van der Waals surface area contributed by atoms with Gasteiger partial charge in [0.1, 0.15) is 11.5 Å². The van der Waals surface area contributed by atoms with Crippen LogP contribution in [0.2, 0.25) is 0 Å². The number of benzene rings is 1. The minimum Gasteiger partial charge on any atom is -0.497 e. The van der Waals surface area contributed by atoms with Gasteiger partial charge >= 0.3 is 0 Å². The van der Waals surface area contributed by atoms with Crippen molar-refractivity contribution >= 4 is 0 Å². The molecule has 1 aliphatic carbocycles. The Labute approximate surface area is 129 Å². The predicted molar refractivity (Wildman–Crippen MR) is 87.4 cm³/mol. The Kier molecular flexibility index (Phi) is 5.15. The summed E-state index contributed by atoms with van der Waals surface area (Å²) < 4.78 is 11.4. The second kappa shape index (κ2) is 6.69. The van der Waals surface area contributed by atoms with E-state index in [1.165, 1.54) is 18.4 Å². The molecule has 0 aromatic heterocycles. The zero-order valence-corrected chi connectivity index (χ0v) is 14.0. The van der Waals surface area contributed by atoms with Crippen molar-refractivity contribution in [2.75, 3.05) is 20.3 Å². The summed E-state index contributed by atoms with van der Waals surface area (Å²) in [6.45, 7) is 10.6. The maximum Gasteiger partial charge on any atom is 0.123 e. The predicted octanol–water partition coefficient (Wildman–Crippen LogP) is 3.76. The van der Waals surface area contributed by atoms with E-state index in [1.54, 1.807) is 7.11 Å². The van der Waals surface area contributed by atoms with Gasteiger partial charge in [-0.25, -0.2) is 0 Å². The Bertz CT molecular complexity index is 461. The summed E-state index contributed by atoms with van der Waals surface area (Å²) in [6, 6.07) is 6.85. The molecule has 0 spiro atoms. The van der Waals surface area contributed by atoms with Crippen molar-refractivity contribution in [3.63, 3.8) is 0 Å². The Balaban J connectivity index is 1.97. The number of nitrogens with one attached hydrogen (secondary N) is 1. The van der Waals surface area contributed by atoms with Crippen LogP contribution in [0.5, 0.6) is 11.5 Å². The SMILES string of the molecule is COc1ccc(OCC(C)CNC2CC2)c(C(C)(C)C)c1. The number of methoxy groups -OCH3 is 1. The largest absolute Gasteiger partial charge is 0.497 e. The van der Waals surface area contributed by atoms with Gasteiger partial charge in [-0.05, 0) is 36.5 Å². The molecule has 2 rings (SSSR count). The molecule has 1 unspecified atom stereocenters. The van der Waals surface area contributed by atoms with Gasteiger partial charge in [0.15, 0.2) is 0 Å². The van der Waals surface area contributed by atoms with Crippen molar-refractivity contribution < 1.29 is 9.47 Å². The van der Waals surface area contributed by atoms with Gasteiger partial charge in [0.25, 0.3) is 0 Å². The smallest absolute Gasteiger partial charge is 0.123 e. The number of rotatable bonds is 7. The molecule has 0 saturated heterocycles. The Morgan fingerprint density at radius 1 is 1.29 bits per heavy atom. The van der Waals surface area contributed by atoms with Crippen molar-refractivity contribution in [3.8, 4) is 11.5 Å². The van der Waals surface area contributed by atoms with Crippen molar-refractivity contribution in [3.05, 3.63) is 23.8 Å². The summed E-state index contributed by atoms with van der Waals surface area (Å²) >= 11 is 0. The lowest BCUT2D eigenvalue weighted by molar-refractivity contribution is 0.249. The number of ether oxygens (including phenoxy) is 2. The third kappa shape index (κ3) is 4.92. The summed E-state index contributed by atoms with van der Waals surface area (Å²) in [4.78, 5) is 0. The van der Waals surface area contributed by atoms with Crippen LogP contribution in [0.1, 0.15) is 46.1 Å². The van der Waals surface area contributed by atoms with E-state index in [0.29, 0.717) is 5.92 Å². The van der Waals surface area contributed by atoms with Crippen molar-refractivity contribution in [1.29, 1.82) is 0 Å². The van der Waals surface area contributed by atoms with E-state index in [-0.39, 0.29) is 5.41 Å².